The Bertz CT molecular complexity index is 894. The van der Waals surface area contributed by atoms with Crippen LogP contribution in [0.1, 0.15) is 26.3 Å². The number of hydrogen-bond acceptors (Lipinski definition) is 7. The van der Waals surface area contributed by atoms with Gasteiger partial charge in [-0.15, -0.1) is 0 Å². The van der Waals surface area contributed by atoms with Crippen molar-refractivity contribution in [2.75, 3.05) is 13.7 Å². The molecule has 1 aromatic rings. The number of carbonyl (C=O) groups excluding carboxylic acids is 4. The molecule has 2 aliphatic rings. The molecular formula is C22H25NO7. The molecule has 8 heteroatoms. The van der Waals surface area contributed by atoms with E-state index in [1.807, 2.05) is 30.3 Å². The smallest absolute Gasteiger partial charge is 0.314 e. The Morgan fingerprint density at radius 2 is 1.73 bits per heavy atom. The molecule has 1 aliphatic heterocycles. The Kier molecular flexibility index (Phi) is 5.96. The summed E-state index contributed by atoms with van der Waals surface area (Å²) in [5.74, 6) is -3.37. The molecule has 0 unspecified atom stereocenters. The Hall–Kier alpha value is -3.16. The lowest BCUT2D eigenvalue weighted by Crippen LogP contribution is -2.55. The third-order valence-corrected chi connectivity index (χ3v) is 5.68. The molecule has 1 heterocycles. The molecule has 0 saturated carbocycles. The molecule has 160 valence electrons. The molecule has 1 saturated heterocycles. The number of methoxy groups -OCH3 is 1. The summed E-state index contributed by atoms with van der Waals surface area (Å²) in [6.07, 6.45) is -0.548. The predicted octanol–water partition coefficient (Wildman–Crippen LogP) is 1.63. The van der Waals surface area contributed by atoms with Gasteiger partial charge in [0.05, 0.1) is 12.5 Å². The normalized spacial score (nSPS) is 27.7. The maximum absolute atomic E-state index is 13.5. The van der Waals surface area contributed by atoms with Gasteiger partial charge >= 0.3 is 17.9 Å². The van der Waals surface area contributed by atoms with Gasteiger partial charge in [-0.25, -0.2) is 0 Å². The van der Waals surface area contributed by atoms with E-state index in [0.29, 0.717) is 12.1 Å². The van der Waals surface area contributed by atoms with Crippen molar-refractivity contribution >= 4 is 23.8 Å². The van der Waals surface area contributed by atoms with Crippen molar-refractivity contribution in [2.45, 2.75) is 39.5 Å². The molecule has 1 aromatic carbocycles. The largest absolute Gasteiger partial charge is 0.469 e. The SMILES string of the molecule is COC(=O)[C@@H]1[C@H](OC(C)=O)[C@@H](OC(C)=O)C=C2CN(Cc3ccccc3)C(=O)[C@@]21C. The van der Waals surface area contributed by atoms with Crippen LogP contribution in [-0.2, 0) is 39.9 Å². The van der Waals surface area contributed by atoms with Gasteiger partial charge in [0.25, 0.3) is 0 Å². The van der Waals surface area contributed by atoms with E-state index in [2.05, 4.69) is 0 Å². The van der Waals surface area contributed by atoms with E-state index in [0.717, 1.165) is 5.56 Å². The lowest BCUT2D eigenvalue weighted by atomic mass is 9.65. The number of carbonyl (C=O) groups is 4. The first-order valence-electron chi connectivity index (χ1n) is 9.65. The van der Waals surface area contributed by atoms with E-state index >= 15 is 0 Å². The fourth-order valence-electron chi connectivity index (χ4n) is 4.33. The second-order valence-electron chi connectivity index (χ2n) is 7.69. The molecule has 0 radical (unpaired) electrons. The van der Waals surface area contributed by atoms with Crippen molar-refractivity contribution < 1.29 is 33.4 Å². The highest BCUT2D eigenvalue weighted by Crippen LogP contribution is 2.50. The molecule has 8 nitrogen and oxygen atoms in total. The number of esters is 3. The molecule has 1 amide bonds. The molecule has 30 heavy (non-hydrogen) atoms. The summed E-state index contributed by atoms with van der Waals surface area (Å²) in [5, 5.41) is 0. The number of amides is 1. The Morgan fingerprint density at radius 1 is 1.10 bits per heavy atom. The average Bonchev–Trinajstić information content (AvgIpc) is 2.92. The van der Waals surface area contributed by atoms with E-state index in [1.165, 1.54) is 21.0 Å². The van der Waals surface area contributed by atoms with Crippen molar-refractivity contribution in [1.82, 2.24) is 4.90 Å². The first kappa shape index (κ1) is 21.5. The lowest BCUT2D eigenvalue weighted by Gasteiger charge is -2.42. The molecule has 0 N–H and O–H groups in total. The maximum Gasteiger partial charge on any atom is 0.314 e. The van der Waals surface area contributed by atoms with Gasteiger partial charge < -0.3 is 19.1 Å². The molecule has 0 spiro atoms. The highest BCUT2D eigenvalue weighted by Gasteiger charge is 2.62. The number of ether oxygens (including phenoxy) is 3. The van der Waals surface area contributed by atoms with Crippen molar-refractivity contribution in [3.63, 3.8) is 0 Å². The zero-order valence-electron chi connectivity index (χ0n) is 17.4. The van der Waals surface area contributed by atoms with Crippen LogP contribution >= 0.6 is 0 Å². The van der Waals surface area contributed by atoms with E-state index < -0.39 is 41.4 Å². The van der Waals surface area contributed by atoms with Crippen LogP contribution in [0.25, 0.3) is 0 Å². The zero-order valence-corrected chi connectivity index (χ0v) is 17.4. The average molecular weight is 415 g/mol. The van der Waals surface area contributed by atoms with E-state index in [1.54, 1.807) is 17.9 Å². The molecule has 0 aromatic heterocycles. The zero-order chi connectivity index (χ0) is 22.1. The van der Waals surface area contributed by atoms with E-state index in [4.69, 9.17) is 14.2 Å². The molecule has 1 aliphatic carbocycles. The molecule has 3 rings (SSSR count). The summed E-state index contributed by atoms with van der Waals surface area (Å²) in [5.41, 5.74) is 0.295. The summed E-state index contributed by atoms with van der Waals surface area (Å²) < 4.78 is 15.7. The number of benzene rings is 1. The molecule has 0 bridgehead atoms. The second-order valence-corrected chi connectivity index (χ2v) is 7.69. The van der Waals surface area contributed by atoms with E-state index in [9.17, 15) is 19.2 Å². The highest BCUT2D eigenvalue weighted by molar-refractivity contribution is 5.95. The lowest BCUT2D eigenvalue weighted by molar-refractivity contribution is -0.182. The predicted molar refractivity (Wildman–Crippen MR) is 105 cm³/mol. The van der Waals surface area contributed by atoms with Gasteiger partial charge in [-0.3, -0.25) is 19.2 Å². The fourth-order valence-corrected chi connectivity index (χ4v) is 4.33. The van der Waals surface area contributed by atoms with Crippen molar-refractivity contribution in [2.24, 2.45) is 11.3 Å². The van der Waals surface area contributed by atoms with Crippen LogP contribution in [0.3, 0.4) is 0 Å². The standard InChI is InChI=1S/C22H25NO7/c1-13(24)29-17-10-16-12-23(11-15-8-6-5-7-9-15)21(27)22(16,3)18(20(26)28-4)19(17)30-14(2)25/h5-10,17-19H,11-12H2,1-4H3/t17-,18-,19+,22-/m0/s1. The number of fused-ring (bicyclic) bond motifs is 1. The van der Waals surface area contributed by atoms with Crippen LogP contribution in [0.2, 0.25) is 0 Å². The summed E-state index contributed by atoms with van der Waals surface area (Å²) in [6, 6.07) is 9.48. The topological polar surface area (TPSA) is 99.2 Å². The quantitative estimate of drug-likeness (QED) is 0.409. The van der Waals surface area contributed by atoms with Crippen LogP contribution < -0.4 is 0 Å². The number of hydrogen-bond donors (Lipinski definition) is 0. The maximum atomic E-state index is 13.5. The van der Waals surface area contributed by atoms with E-state index in [-0.39, 0.29) is 12.5 Å². The van der Waals surface area contributed by atoms with Gasteiger partial charge in [-0.1, -0.05) is 30.3 Å². The minimum Gasteiger partial charge on any atom is -0.469 e. The minimum absolute atomic E-state index is 0.266. The van der Waals surface area contributed by atoms with Gasteiger partial charge in [0.15, 0.2) is 12.2 Å². The summed E-state index contributed by atoms with van der Waals surface area (Å²) in [4.78, 5) is 51.3. The van der Waals surface area contributed by atoms with Crippen molar-refractivity contribution in [3.05, 3.63) is 47.5 Å². The van der Waals surface area contributed by atoms with Gasteiger partial charge in [0, 0.05) is 26.9 Å². The van der Waals surface area contributed by atoms with Crippen LogP contribution in [0, 0.1) is 11.3 Å². The first-order chi connectivity index (χ1) is 14.2. The summed E-state index contributed by atoms with van der Waals surface area (Å²) in [7, 11) is 1.20. The van der Waals surface area contributed by atoms with Gasteiger partial charge in [-0.05, 0) is 24.1 Å². The molecule has 1 fully saturated rings. The van der Waals surface area contributed by atoms with Crippen LogP contribution in [0.5, 0.6) is 0 Å². The Labute approximate surface area is 174 Å². The third-order valence-electron chi connectivity index (χ3n) is 5.68. The van der Waals surface area contributed by atoms with Gasteiger partial charge in [0.1, 0.15) is 5.92 Å². The number of likely N-dealkylation sites (tertiary alicyclic amines) is 1. The highest BCUT2D eigenvalue weighted by atomic mass is 16.6. The summed E-state index contributed by atoms with van der Waals surface area (Å²) in [6.45, 7) is 4.69. The van der Waals surface area contributed by atoms with Gasteiger partial charge in [0.2, 0.25) is 5.91 Å². The molecular weight excluding hydrogens is 390 g/mol. The Morgan fingerprint density at radius 3 is 2.30 bits per heavy atom. The fraction of sp³-hybridized carbons (Fsp3) is 0.455. The van der Waals surface area contributed by atoms with Gasteiger partial charge in [-0.2, -0.15) is 0 Å². The van der Waals surface area contributed by atoms with Crippen LogP contribution in [-0.4, -0.2) is 54.6 Å². The monoisotopic (exact) mass is 415 g/mol. The minimum atomic E-state index is -1.28. The summed E-state index contributed by atoms with van der Waals surface area (Å²) >= 11 is 0. The Balaban J connectivity index is 2.05. The van der Waals surface area contributed by atoms with Crippen LogP contribution in [0.15, 0.2) is 42.0 Å². The third kappa shape index (κ3) is 3.81. The van der Waals surface area contributed by atoms with Crippen molar-refractivity contribution in [1.29, 1.82) is 0 Å². The van der Waals surface area contributed by atoms with Crippen molar-refractivity contribution in [3.8, 4) is 0 Å². The van der Waals surface area contributed by atoms with Crippen LogP contribution in [0.4, 0.5) is 0 Å². The second kappa shape index (κ2) is 8.30. The number of rotatable bonds is 5. The first-order valence-corrected chi connectivity index (χ1v) is 9.65. The molecule has 4 atom stereocenters. The number of nitrogens with zero attached hydrogens (tertiary/aromatic N) is 1.